The first-order chi connectivity index (χ1) is 10.8. The van der Waals surface area contributed by atoms with E-state index in [1.165, 1.54) is 5.56 Å². The SMILES string of the molecule is CCc1ccc(-c2ccc(C(=O)NC3CCCNC3)o2)cc1.Cl. The minimum atomic E-state index is -0.134. The first-order valence-electron chi connectivity index (χ1n) is 7.97. The van der Waals surface area contributed by atoms with Gasteiger partial charge in [-0.2, -0.15) is 0 Å². The Morgan fingerprint density at radius 1 is 1.26 bits per heavy atom. The van der Waals surface area contributed by atoms with Gasteiger partial charge in [0.1, 0.15) is 5.76 Å². The van der Waals surface area contributed by atoms with Gasteiger partial charge in [-0.3, -0.25) is 4.79 Å². The number of rotatable bonds is 4. The summed E-state index contributed by atoms with van der Waals surface area (Å²) < 4.78 is 5.71. The van der Waals surface area contributed by atoms with E-state index in [4.69, 9.17) is 4.42 Å². The van der Waals surface area contributed by atoms with Crippen LogP contribution in [-0.4, -0.2) is 25.0 Å². The summed E-state index contributed by atoms with van der Waals surface area (Å²) >= 11 is 0. The van der Waals surface area contributed by atoms with Crippen LogP contribution in [0.15, 0.2) is 40.8 Å². The molecule has 1 aliphatic rings. The van der Waals surface area contributed by atoms with E-state index in [-0.39, 0.29) is 24.4 Å². The molecule has 5 heteroatoms. The first-order valence-corrected chi connectivity index (χ1v) is 7.97. The lowest BCUT2D eigenvalue weighted by Crippen LogP contribution is -2.45. The lowest BCUT2D eigenvalue weighted by Gasteiger charge is -2.23. The molecule has 0 spiro atoms. The van der Waals surface area contributed by atoms with Crippen molar-refractivity contribution in [2.24, 2.45) is 0 Å². The molecular weight excluding hydrogens is 312 g/mol. The lowest BCUT2D eigenvalue weighted by molar-refractivity contribution is 0.0903. The number of nitrogens with one attached hydrogen (secondary N) is 2. The van der Waals surface area contributed by atoms with Gasteiger partial charge >= 0.3 is 0 Å². The molecule has 2 aromatic rings. The summed E-state index contributed by atoms with van der Waals surface area (Å²) in [6.07, 6.45) is 3.13. The van der Waals surface area contributed by atoms with Crippen molar-refractivity contribution in [3.63, 3.8) is 0 Å². The molecule has 0 radical (unpaired) electrons. The molecule has 4 nitrogen and oxygen atoms in total. The van der Waals surface area contributed by atoms with Crippen molar-refractivity contribution < 1.29 is 9.21 Å². The summed E-state index contributed by atoms with van der Waals surface area (Å²) in [6.45, 7) is 3.99. The number of benzene rings is 1. The zero-order chi connectivity index (χ0) is 15.4. The van der Waals surface area contributed by atoms with Gasteiger partial charge in [-0.1, -0.05) is 31.2 Å². The van der Waals surface area contributed by atoms with Crippen LogP contribution in [0.1, 0.15) is 35.9 Å². The molecule has 0 saturated carbocycles. The Morgan fingerprint density at radius 3 is 2.70 bits per heavy atom. The molecule has 1 saturated heterocycles. The molecule has 3 rings (SSSR count). The van der Waals surface area contributed by atoms with Crippen molar-refractivity contribution in [2.45, 2.75) is 32.2 Å². The average Bonchev–Trinajstić information content (AvgIpc) is 3.06. The normalized spacial score (nSPS) is 17.3. The molecule has 1 amide bonds. The van der Waals surface area contributed by atoms with E-state index in [1.54, 1.807) is 6.07 Å². The molecule has 1 aromatic carbocycles. The minimum Gasteiger partial charge on any atom is -0.451 e. The van der Waals surface area contributed by atoms with Gasteiger partial charge in [-0.05, 0) is 43.5 Å². The van der Waals surface area contributed by atoms with Gasteiger partial charge in [0.15, 0.2) is 5.76 Å². The highest BCUT2D eigenvalue weighted by Crippen LogP contribution is 2.23. The predicted molar refractivity (Wildman–Crippen MR) is 94.1 cm³/mol. The summed E-state index contributed by atoms with van der Waals surface area (Å²) in [7, 11) is 0. The van der Waals surface area contributed by atoms with E-state index < -0.39 is 0 Å². The van der Waals surface area contributed by atoms with E-state index in [2.05, 4.69) is 29.7 Å². The summed E-state index contributed by atoms with van der Waals surface area (Å²) in [5, 5.41) is 6.31. The molecule has 1 unspecified atom stereocenters. The largest absolute Gasteiger partial charge is 0.451 e. The second kappa shape index (κ2) is 8.18. The number of amides is 1. The van der Waals surface area contributed by atoms with Gasteiger partial charge in [-0.25, -0.2) is 0 Å². The van der Waals surface area contributed by atoms with E-state index >= 15 is 0 Å². The number of halogens is 1. The maximum Gasteiger partial charge on any atom is 0.287 e. The molecule has 1 aromatic heterocycles. The maximum absolute atomic E-state index is 12.2. The fourth-order valence-electron chi connectivity index (χ4n) is 2.75. The van der Waals surface area contributed by atoms with Crippen molar-refractivity contribution >= 4 is 18.3 Å². The molecule has 2 heterocycles. The number of carbonyl (C=O) groups is 1. The quantitative estimate of drug-likeness (QED) is 0.901. The zero-order valence-electron chi connectivity index (χ0n) is 13.3. The van der Waals surface area contributed by atoms with Crippen molar-refractivity contribution in [3.8, 4) is 11.3 Å². The molecule has 2 N–H and O–H groups in total. The Morgan fingerprint density at radius 2 is 2.04 bits per heavy atom. The molecule has 23 heavy (non-hydrogen) atoms. The topological polar surface area (TPSA) is 54.3 Å². The third kappa shape index (κ3) is 4.36. The molecular formula is C18H23ClN2O2. The second-order valence-electron chi connectivity index (χ2n) is 5.73. The van der Waals surface area contributed by atoms with Crippen molar-refractivity contribution in [1.82, 2.24) is 10.6 Å². The van der Waals surface area contributed by atoms with E-state index in [1.807, 2.05) is 18.2 Å². The van der Waals surface area contributed by atoms with E-state index in [0.717, 1.165) is 43.7 Å². The van der Waals surface area contributed by atoms with Gasteiger partial charge in [0, 0.05) is 18.2 Å². The molecule has 1 atom stereocenters. The van der Waals surface area contributed by atoms with Crippen LogP contribution in [0.4, 0.5) is 0 Å². The smallest absolute Gasteiger partial charge is 0.287 e. The summed E-state index contributed by atoms with van der Waals surface area (Å²) in [5.41, 5.74) is 2.29. The third-order valence-electron chi connectivity index (χ3n) is 4.11. The van der Waals surface area contributed by atoms with Crippen LogP contribution in [-0.2, 0) is 6.42 Å². The van der Waals surface area contributed by atoms with Gasteiger partial charge in [-0.15, -0.1) is 12.4 Å². The highest BCUT2D eigenvalue weighted by atomic mass is 35.5. The molecule has 0 bridgehead atoms. The summed E-state index contributed by atoms with van der Waals surface area (Å²) in [4.78, 5) is 12.2. The van der Waals surface area contributed by atoms with Crippen LogP contribution in [0.2, 0.25) is 0 Å². The molecule has 1 aliphatic heterocycles. The molecule has 1 fully saturated rings. The number of piperidine rings is 1. The van der Waals surface area contributed by atoms with Crippen molar-refractivity contribution in [2.75, 3.05) is 13.1 Å². The van der Waals surface area contributed by atoms with Crippen molar-refractivity contribution in [3.05, 3.63) is 47.7 Å². The Labute approximate surface area is 143 Å². The molecule has 124 valence electrons. The van der Waals surface area contributed by atoms with Crippen LogP contribution < -0.4 is 10.6 Å². The monoisotopic (exact) mass is 334 g/mol. The summed E-state index contributed by atoms with van der Waals surface area (Å²) in [6, 6.07) is 12.0. The van der Waals surface area contributed by atoms with Crippen LogP contribution in [0, 0.1) is 0 Å². The molecule has 0 aliphatic carbocycles. The minimum absolute atomic E-state index is 0. The fourth-order valence-corrected chi connectivity index (χ4v) is 2.75. The maximum atomic E-state index is 12.2. The lowest BCUT2D eigenvalue weighted by atomic mass is 10.1. The zero-order valence-corrected chi connectivity index (χ0v) is 14.1. The Kier molecular flexibility index (Phi) is 6.25. The Hall–Kier alpha value is -1.78. The van der Waals surface area contributed by atoms with Crippen LogP contribution in [0.3, 0.4) is 0 Å². The van der Waals surface area contributed by atoms with Gasteiger partial charge in [0.05, 0.1) is 0 Å². The number of hydrogen-bond donors (Lipinski definition) is 2. The summed E-state index contributed by atoms with van der Waals surface area (Å²) in [5.74, 6) is 0.972. The third-order valence-corrected chi connectivity index (χ3v) is 4.11. The number of carbonyl (C=O) groups excluding carboxylic acids is 1. The Bertz CT molecular complexity index is 631. The highest BCUT2D eigenvalue weighted by molar-refractivity contribution is 5.92. The van der Waals surface area contributed by atoms with E-state index in [0.29, 0.717) is 5.76 Å². The number of hydrogen-bond acceptors (Lipinski definition) is 3. The van der Waals surface area contributed by atoms with Crippen LogP contribution in [0.25, 0.3) is 11.3 Å². The average molecular weight is 335 g/mol. The van der Waals surface area contributed by atoms with Crippen LogP contribution in [0.5, 0.6) is 0 Å². The highest BCUT2D eigenvalue weighted by Gasteiger charge is 2.18. The number of furan rings is 1. The predicted octanol–water partition coefficient (Wildman–Crippen LogP) is 3.41. The first kappa shape index (κ1) is 17.6. The van der Waals surface area contributed by atoms with Gasteiger partial charge in [0.2, 0.25) is 0 Å². The van der Waals surface area contributed by atoms with Crippen molar-refractivity contribution in [1.29, 1.82) is 0 Å². The number of aryl methyl sites for hydroxylation is 1. The van der Waals surface area contributed by atoms with E-state index in [9.17, 15) is 4.79 Å². The fraction of sp³-hybridized carbons (Fsp3) is 0.389. The standard InChI is InChI=1S/C18H22N2O2.ClH/c1-2-13-5-7-14(8-6-13)16-9-10-17(22-16)18(21)20-15-4-3-11-19-12-15;/h5-10,15,19H,2-4,11-12H2,1H3,(H,20,21);1H. The second-order valence-corrected chi connectivity index (χ2v) is 5.73. The van der Waals surface area contributed by atoms with Gasteiger partial charge < -0.3 is 15.1 Å². The Balaban J connectivity index is 0.00000192. The van der Waals surface area contributed by atoms with Gasteiger partial charge in [0.25, 0.3) is 5.91 Å². The van der Waals surface area contributed by atoms with Crippen LogP contribution >= 0.6 is 12.4 Å².